The van der Waals surface area contributed by atoms with Crippen LogP contribution in [0.25, 0.3) is 0 Å². The highest BCUT2D eigenvalue weighted by atomic mass is 32.2. The van der Waals surface area contributed by atoms with Gasteiger partial charge in [-0.25, -0.2) is 4.98 Å². The van der Waals surface area contributed by atoms with Crippen molar-refractivity contribution < 1.29 is 4.79 Å². The highest BCUT2D eigenvalue weighted by Gasteiger charge is 2.15. The summed E-state index contributed by atoms with van der Waals surface area (Å²) < 4.78 is 1.90. The van der Waals surface area contributed by atoms with Gasteiger partial charge in [0.25, 0.3) is 0 Å². The molecule has 0 aliphatic carbocycles. The van der Waals surface area contributed by atoms with Crippen molar-refractivity contribution in [2.45, 2.75) is 24.3 Å². The Morgan fingerprint density at radius 1 is 1.79 bits per heavy atom. The number of carbonyl (C=O) groups excluding carboxylic acids is 1. The Kier molecular flexibility index (Phi) is 4.00. The molecule has 5 heteroatoms. The van der Waals surface area contributed by atoms with Gasteiger partial charge in [0.2, 0.25) is 5.91 Å². The van der Waals surface area contributed by atoms with Crippen LogP contribution in [0.1, 0.15) is 13.8 Å². The number of carbonyl (C=O) groups is 1. The van der Waals surface area contributed by atoms with E-state index < -0.39 is 0 Å². The van der Waals surface area contributed by atoms with Crippen molar-refractivity contribution in [3.63, 3.8) is 0 Å². The molecule has 0 aromatic carbocycles. The van der Waals surface area contributed by atoms with E-state index in [4.69, 9.17) is 0 Å². The fraction of sp³-hybridized carbons (Fsp3) is 0.556. The summed E-state index contributed by atoms with van der Waals surface area (Å²) in [6.45, 7) is 4.46. The first-order valence-electron chi connectivity index (χ1n) is 4.56. The Labute approximate surface area is 88.1 Å². The third kappa shape index (κ3) is 2.77. The zero-order valence-electron chi connectivity index (χ0n) is 8.65. The minimum absolute atomic E-state index is 0.0560. The van der Waals surface area contributed by atoms with Crippen LogP contribution < -0.4 is 5.32 Å². The number of nitrogens with one attached hydrogen (secondary N) is 1. The van der Waals surface area contributed by atoms with Gasteiger partial charge in [-0.15, -0.1) is 0 Å². The van der Waals surface area contributed by atoms with Gasteiger partial charge in [0.1, 0.15) is 0 Å². The molecule has 0 aliphatic heterocycles. The van der Waals surface area contributed by atoms with Gasteiger partial charge >= 0.3 is 0 Å². The third-order valence-electron chi connectivity index (χ3n) is 1.78. The molecule has 1 aromatic heterocycles. The Bertz CT molecular complexity index is 311. The fourth-order valence-corrected chi connectivity index (χ4v) is 1.85. The Hall–Kier alpha value is -0.970. The number of nitrogens with zero attached hydrogens (tertiary/aromatic N) is 2. The first-order chi connectivity index (χ1) is 6.65. The maximum absolute atomic E-state index is 11.4. The number of aryl methyl sites for hydroxylation is 1. The van der Waals surface area contributed by atoms with Gasteiger partial charge in [0, 0.05) is 26.0 Å². The van der Waals surface area contributed by atoms with Gasteiger partial charge in [-0.05, 0) is 13.8 Å². The first-order valence-corrected chi connectivity index (χ1v) is 5.44. The van der Waals surface area contributed by atoms with E-state index in [1.165, 1.54) is 11.8 Å². The summed E-state index contributed by atoms with van der Waals surface area (Å²) in [5, 5.41) is 3.54. The lowest BCUT2D eigenvalue weighted by Gasteiger charge is -2.09. The minimum atomic E-state index is -0.101. The second kappa shape index (κ2) is 5.05. The van der Waals surface area contributed by atoms with Crippen LogP contribution in [0.15, 0.2) is 17.6 Å². The van der Waals surface area contributed by atoms with E-state index in [1.54, 1.807) is 6.20 Å². The van der Waals surface area contributed by atoms with Gasteiger partial charge in [0.15, 0.2) is 5.16 Å². The quantitative estimate of drug-likeness (QED) is 0.760. The van der Waals surface area contributed by atoms with Crippen molar-refractivity contribution in [3.05, 3.63) is 12.4 Å². The standard InChI is InChI=1S/C9H15N3OS/c1-4-10-8(13)7(2)14-9-11-5-6-12(9)3/h5-7H,4H2,1-3H3,(H,10,13). The molecule has 4 nitrogen and oxygen atoms in total. The molecule has 14 heavy (non-hydrogen) atoms. The Balaban J connectivity index is 2.52. The van der Waals surface area contributed by atoms with Crippen LogP contribution >= 0.6 is 11.8 Å². The lowest BCUT2D eigenvalue weighted by atomic mass is 10.4. The molecule has 0 bridgehead atoms. The predicted molar refractivity (Wildman–Crippen MR) is 57.2 cm³/mol. The first kappa shape index (κ1) is 11.1. The summed E-state index contributed by atoms with van der Waals surface area (Å²) in [5.41, 5.74) is 0. The van der Waals surface area contributed by atoms with Crippen LogP contribution in [0.4, 0.5) is 0 Å². The minimum Gasteiger partial charge on any atom is -0.355 e. The number of hydrogen-bond donors (Lipinski definition) is 1. The van der Waals surface area contributed by atoms with E-state index in [2.05, 4.69) is 10.3 Å². The number of hydrogen-bond acceptors (Lipinski definition) is 3. The molecule has 0 radical (unpaired) electrons. The molecular formula is C9H15N3OS. The van der Waals surface area contributed by atoms with Gasteiger partial charge < -0.3 is 9.88 Å². The highest BCUT2D eigenvalue weighted by molar-refractivity contribution is 8.00. The number of imidazole rings is 1. The van der Waals surface area contributed by atoms with Gasteiger partial charge in [-0.1, -0.05) is 11.8 Å². The van der Waals surface area contributed by atoms with Crippen molar-refractivity contribution >= 4 is 17.7 Å². The molecule has 0 fully saturated rings. The van der Waals surface area contributed by atoms with E-state index in [9.17, 15) is 4.79 Å². The molecule has 0 saturated heterocycles. The van der Waals surface area contributed by atoms with E-state index >= 15 is 0 Å². The van der Waals surface area contributed by atoms with Crippen LogP contribution in [0.2, 0.25) is 0 Å². The van der Waals surface area contributed by atoms with Crippen LogP contribution in [0.3, 0.4) is 0 Å². The molecule has 1 N–H and O–H groups in total. The molecule has 78 valence electrons. The monoisotopic (exact) mass is 213 g/mol. The topological polar surface area (TPSA) is 46.9 Å². The largest absolute Gasteiger partial charge is 0.355 e. The number of thioether (sulfide) groups is 1. The van der Waals surface area contributed by atoms with Crippen LogP contribution in [0, 0.1) is 0 Å². The third-order valence-corrected chi connectivity index (χ3v) is 2.95. The molecule has 0 saturated carbocycles. The number of amides is 1. The molecule has 1 atom stereocenters. The number of rotatable bonds is 4. The molecule has 1 rings (SSSR count). The molecule has 1 amide bonds. The van der Waals surface area contributed by atoms with Crippen molar-refractivity contribution in [3.8, 4) is 0 Å². The average Bonchev–Trinajstić information content (AvgIpc) is 2.52. The zero-order valence-corrected chi connectivity index (χ0v) is 9.47. The molecular weight excluding hydrogens is 198 g/mol. The van der Waals surface area contributed by atoms with E-state index in [0.29, 0.717) is 6.54 Å². The van der Waals surface area contributed by atoms with Crippen molar-refractivity contribution in [2.75, 3.05) is 6.54 Å². The number of aromatic nitrogens is 2. The highest BCUT2D eigenvalue weighted by Crippen LogP contribution is 2.20. The van der Waals surface area contributed by atoms with E-state index in [-0.39, 0.29) is 11.2 Å². The maximum atomic E-state index is 11.4. The molecule has 0 spiro atoms. The maximum Gasteiger partial charge on any atom is 0.233 e. The van der Waals surface area contributed by atoms with Crippen molar-refractivity contribution in [1.29, 1.82) is 0 Å². The zero-order chi connectivity index (χ0) is 10.6. The van der Waals surface area contributed by atoms with Gasteiger partial charge in [-0.3, -0.25) is 4.79 Å². The normalized spacial score (nSPS) is 12.5. The second-order valence-electron chi connectivity index (χ2n) is 2.98. The lowest BCUT2D eigenvalue weighted by Crippen LogP contribution is -2.30. The smallest absolute Gasteiger partial charge is 0.233 e. The predicted octanol–water partition coefficient (Wildman–Crippen LogP) is 1.04. The van der Waals surface area contributed by atoms with Crippen molar-refractivity contribution in [1.82, 2.24) is 14.9 Å². The van der Waals surface area contributed by atoms with E-state index in [1.807, 2.05) is 31.7 Å². The molecule has 0 aliphatic rings. The summed E-state index contributed by atoms with van der Waals surface area (Å²) >= 11 is 1.46. The summed E-state index contributed by atoms with van der Waals surface area (Å²) in [6.07, 6.45) is 3.60. The summed E-state index contributed by atoms with van der Waals surface area (Å²) in [5.74, 6) is 0.0560. The summed E-state index contributed by atoms with van der Waals surface area (Å²) in [4.78, 5) is 15.6. The molecule has 1 heterocycles. The second-order valence-corrected chi connectivity index (χ2v) is 4.28. The van der Waals surface area contributed by atoms with Crippen LogP contribution in [-0.2, 0) is 11.8 Å². The fourth-order valence-electron chi connectivity index (χ4n) is 0.995. The summed E-state index contributed by atoms with van der Waals surface area (Å²) in [7, 11) is 1.92. The average molecular weight is 213 g/mol. The SMILES string of the molecule is CCNC(=O)C(C)Sc1nccn1C. The van der Waals surface area contributed by atoms with Gasteiger partial charge in [-0.2, -0.15) is 0 Å². The van der Waals surface area contributed by atoms with E-state index in [0.717, 1.165) is 5.16 Å². The van der Waals surface area contributed by atoms with Crippen LogP contribution in [-0.4, -0.2) is 27.3 Å². The lowest BCUT2D eigenvalue weighted by molar-refractivity contribution is -0.120. The molecule has 1 unspecified atom stereocenters. The molecule has 1 aromatic rings. The van der Waals surface area contributed by atoms with Crippen LogP contribution in [0.5, 0.6) is 0 Å². The summed E-state index contributed by atoms with van der Waals surface area (Å²) in [6, 6.07) is 0. The Morgan fingerprint density at radius 3 is 3.00 bits per heavy atom. The Morgan fingerprint density at radius 2 is 2.50 bits per heavy atom. The van der Waals surface area contributed by atoms with Gasteiger partial charge in [0.05, 0.1) is 5.25 Å². The van der Waals surface area contributed by atoms with Crippen molar-refractivity contribution in [2.24, 2.45) is 7.05 Å².